The third kappa shape index (κ3) is 1.86. The van der Waals surface area contributed by atoms with Crippen molar-refractivity contribution in [3.63, 3.8) is 0 Å². The van der Waals surface area contributed by atoms with Crippen molar-refractivity contribution < 1.29 is 1.37 Å². The molecule has 0 unspecified atom stereocenters. The maximum absolute atomic E-state index is 6.84. The molecule has 0 atom stereocenters. The van der Waals surface area contributed by atoms with Crippen LogP contribution in [0.25, 0.3) is 0 Å². The van der Waals surface area contributed by atoms with E-state index in [-0.39, 0.29) is 7.02 Å². The molecule has 0 aliphatic heterocycles. The lowest BCUT2D eigenvalue weighted by Gasteiger charge is -1.95. The molecule has 0 saturated carbocycles. The van der Waals surface area contributed by atoms with Gasteiger partial charge in [0.1, 0.15) is 0 Å². The van der Waals surface area contributed by atoms with E-state index >= 15 is 0 Å². The molecule has 0 heterocycles. The van der Waals surface area contributed by atoms with Crippen molar-refractivity contribution >= 4 is 0 Å². The smallest absolute Gasteiger partial charge is 0.0391 e. The lowest BCUT2D eigenvalue weighted by atomic mass is 10.2. The Morgan fingerprint density at radius 1 is 1.44 bits per heavy atom. The average molecular weight is 122 g/mol. The zero-order valence-electron chi connectivity index (χ0n) is 6.30. The Kier molecular flexibility index (Phi) is 1.81. The van der Waals surface area contributed by atoms with Gasteiger partial charge in [0.25, 0.3) is 0 Å². The van der Waals surface area contributed by atoms with Gasteiger partial charge in [0.2, 0.25) is 0 Å². The largest absolute Gasteiger partial charge is 0.316 e. The Morgan fingerprint density at radius 2 is 2.22 bits per heavy atom. The minimum Gasteiger partial charge on any atom is -0.316 e. The monoisotopic (exact) mass is 122 g/mol. The number of nitrogens with one attached hydrogen (secondary N) is 1. The fourth-order valence-corrected chi connectivity index (χ4v) is 0.740. The highest BCUT2D eigenvalue weighted by Crippen LogP contribution is 1.95. The molecule has 1 aromatic rings. The standard InChI is InChI=1S/C8H11N/c1-9-7-8-5-3-2-4-6-8/h2-6,9H,7H2,1H3/i1D. The second kappa shape index (κ2) is 3.25. The number of hydrogen-bond acceptors (Lipinski definition) is 1. The van der Waals surface area contributed by atoms with Crippen LogP contribution in [0, 0.1) is 0 Å². The quantitative estimate of drug-likeness (QED) is 0.625. The first-order valence-corrected chi connectivity index (χ1v) is 2.97. The summed E-state index contributed by atoms with van der Waals surface area (Å²) in [5, 5.41) is 2.93. The SMILES string of the molecule is [2H]CNCc1ccccc1. The van der Waals surface area contributed by atoms with Crippen LogP contribution in [0.1, 0.15) is 6.93 Å². The lowest BCUT2D eigenvalue weighted by Crippen LogP contribution is -2.04. The van der Waals surface area contributed by atoms with Crippen LogP contribution >= 0.6 is 0 Å². The van der Waals surface area contributed by atoms with Crippen LogP contribution in [-0.4, -0.2) is 7.02 Å². The van der Waals surface area contributed by atoms with Gasteiger partial charge in [-0.3, -0.25) is 0 Å². The van der Waals surface area contributed by atoms with Crippen molar-refractivity contribution in [3.8, 4) is 0 Å². The summed E-state index contributed by atoms with van der Waals surface area (Å²) in [6.45, 7) is 0.796. The Morgan fingerprint density at radius 3 is 2.89 bits per heavy atom. The molecule has 0 aromatic heterocycles. The van der Waals surface area contributed by atoms with E-state index in [1.54, 1.807) is 0 Å². The van der Waals surface area contributed by atoms with Crippen molar-refractivity contribution in [2.45, 2.75) is 6.54 Å². The first-order chi connectivity index (χ1) is 4.93. The van der Waals surface area contributed by atoms with Crippen LogP contribution in [0.5, 0.6) is 0 Å². The molecule has 1 rings (SSSR count). The van der Waals surface area contributed by atoms with E-state index < -0.39 is 0 Å². The summed E-state index contributed by atoms with van der Waals surface area (Å²) in [7, 11) is 0.287. The fourth-order valence-electron chi connectivity index (χ4n) is 0.740. The summed E-state index contributed by atoms with van der Waals surface area (Å²) < 4.78 is 6.84. The van der Waals surface area contributed by atoms with Gasteiger partial charge in [0, 0.05) is 7.92 Å². The van der Waals surface area contributed by atoms with Gasteiger partial charge in [-0.1, -0.05) is 30.3 Å². The highest BCUT2D eigenvalue weighted by Gasteiger charge is 1.83. The second-order valence-electron chi connectivity index (χ2n) is 1.91. The zero-order chi connectivity index (χ0) is 7.23. The predicted octanol–water partition coefficient (Wildman–Crippen LogP) is 1.41. The van der Waals surface area contributed by atoms with Crippen LogP contribution < -0.4 is 5.32 Å². The van der Waals surface area contributed by atoms with Crippen LogP contribution in [0.2, 0.25) is 0 Å². The van der Waals surface area contributed by atoms with E-state index in [2.05, 4.69) is 5.32 Å². The molecule has 0 spiro atoms. The predicted molar refractivity (Wildman–Crippen MR) is 39.2 cm³/mol. The molecule has 1 nitrogen and oxygen atoms in total. The van der Waals surface area contributed by atoms with Crippen molar-refractivity contribution in [1.82, 2.24) is 5.32 Å². The second-order valence-corrected chi connectivity index (χ2v) is 1.91. The number of hydrogen-bond donors (Lipinski definition) is 1. The molecule has 48 valence electrons. The first kappa shape index (κ1) is 5.00. The van der Waals surface area contributed by atoms with Crippen LogP contribution in [0.3, 0.4) is 0 Å². The maximum atomic E-state index is 6.84. The van der Waals surface area contributed by atoms with E-state index in [1.807, 2.05) is 30.3 Å². The fraction of sp³-hybridized carbons (Fsp3) is 0.250. The van der Waals surface area contributed by atoms with Crippen LogP contribution in [0.15, 0.2) is 30.3 Å². The molecule has 1 heteroatoms. The summed E-state index contributed by atoms with van der Waals surface area (Å²) in [4.78, 5) is 0. The summed E-state index contributed by atoms with van der Waals surface area (Å²) in [6.07, 6.45) is 0. The minimum absolute atomic E-state index is 0.287. The molecule has 0 amide bonds. The van der Waals surface area contributed by atoms with E-state index in [0.29, 0.717) is 0 Å². The third-order valence-corrected chi connectivity index (χ3v) is 1.17. The number of benzene rings is 1. The van der Waals surface area contributed by atoms with Gasteiger partial charge in [-0.15, -0.1) is 0 Å². The first-order valence-electron chi connectivity index (χ1n) is 3.68. The van der Waals surface area contributed by atoms with Gasteiger partial charge in [-0.05, 0) is 12.6 Å². The van der Waals surface area contributed by atoms with Gasteiger partial charge in [-0.2, -0.15) is 0 Å². The van der Waals surface area contributed by atoms with Gasteiger partial charge in [0.15, 0.2) is 0 Å². The molecule has 0 bridgehead atoms. The molecule has 9 heavy (non-hydrogen) atoms. The Labute approximate surface area is 57.1 Å². The van der Waals surface area contributed by atoms with E-state index in [0.717, 1.165) is 6.54 Å². The van der Waals surface area contributed by atoms with E-state index in [4.69, 9.17) is 1.37 Å². The zero-order valence-corrected chi connectivity index (χ0v) is 5.30. The van der Waals surface area contributed by atoms with Gasteiger partial charge < -0.3 is 5.32 Å². The molecule has 0 fully saturated rings. The molecule has 0 aliphatic carbocycles. The van der Waals surface area contributed by atoms with E-state index in [1.165, 1.54) is 5.56 Å². The van der Waals surface area contributed by atoms with Crippen LogP contribution in [-0.2, 0) is 6.54 Å². The summed E-state index contributed by atoms with van der Waals surface area (Å²) in [5.41, 5.74) is 1.23. The molecule has 1 aromatic carbocycles. The Bertz CT molecular complexity index is 174. The van der Waals surface area contributed by atoms with E-state index in [9.17, 15) is 0 Å². The average Bonchev–Trinajstić information content (AvgIpc) is 2.03. The highest BCUT2D eigenvalue weighted by atomic mass is 14.8. The Balaban J connectivity index is 2.43. The topological polar surface area (TPSA) is 12.0 Å². The van der Waals surface area contributed by atoms with Crippen LogP contribution in [0.4, 0.5) is 0 Å². The third-order valence-electron chi connectivity index (χ3n) is 1.17. The maximum Gasteiger partial charge on any atom is 0.0391 e. The molecule has 0 radical (unpaired) electrons. The molecular formula is C8H11N. The van der Waals surface area contributed by atoms with Crippen molar-refractivity contribution in [2.75, 3.05) is 7.02 Å². The molecule has 1 N–H and O–H groups in total. The Hall–Kier alpha value is -0.820. The summed E-state index contributed by atoms with van der Waals surface area (Å²) in [5.74, 6) is 0. The van der Waals surface area contributed by atoms with Crippen molar-refractivity contribution in [1.29, 1.82) is 0 Å². The minimum atomic E-state index is 0.287. The van der Waals surface area contributed by atoms with Gasteiger partial charge in [-0.25, -0.2) is 0 Å². The molecule has 0 saturated heterocycles. The van der Waals surface area contributed by atoms with Gasteiger partial charge in [0.05, 0.1) is 0 Å². The lowest BCUT2D eigenvalue weighted by molar-refractivity contribution is 0.818. The highest BCUT2D eigenvalue weighted by molar-refractivity contribution is 5.13. The van der Waals surface area contributed by atoms with Crippen molar-refractivity contribution in [2.24, 2.45) is 0 Å². The van der Waals surface area contributed by atoms with Gasteiger partial charge >= 0.3 is 0 Å². The normalized spacial score (nSPS) is 10.9. The summed E-state index contributed by atoms with van der Waals surface area (Å²) in [6, 6.07) is 10.1. The van der Waals surface area contributed by atoms with Crippen molar-refractivity contribution in [3.05, 3.63) is 35.9 Å². The molecular weight excluding hydrogens is 110 g/mol. The summed E-state index contributed by atoms with van der Waals surface area (Å²) >= 11 is 0. The molecule has 0 aliphatic rings. The number of rotatable bonds is 2.